The van der Waals surface area contributed by atoms with Gasteiger partial charge in [-0.3, -0.25) is 0 Å². The van der Waals surface area contributed by atoms with E-state index in [1.54, 1.807) is 7.11 Å². The van der Waals surface area contributed by atoms with Crippen LogP contribution in [-0.2, 0) is 22.8 Å². The van der Waals surface area contributed by atoms with Crippen molar-refractivity contribution in [2.24, 2.45) is 0 Å². The molecule has 1 rings (SSSR count). The molecule has 0 aromatic carbocycles. The summed E-state index contributed by atoms with van der Waals surface area (Å²) in [5.41, 5.74) is 1.08. The van der Waals surface area contributed by atoms with Crippen molar-refractivity contribution in [1.82, 2.24) is 9.55 Å². The minimum atomic E-state index is -0.995. The predicted octanol–water partition coefficient (Wildman–Crippen LogP) is 2.95. The van der Waals surface area contributed by atoms with Crippen LogP contribution >= 0.6 is 22.6 Å². The molecule has 1 heterocycles. The summed E-state index contributed by atoms with van der Waals surface area (Å²) in [6.45, 7) is 9.04. The molecule has 0 radical (unpaired) electrons. The van der Waals surface area contributed by atoms with E-state index in [0.717, 1.165) is 16.0 Å². The quantitative estimate of drug-likeness (QED) is 0.422. The number of ether oxygens (including phenoxy) is 2. The third-order valence-electron chi connectivity index (χ3n) is 2.40. The van der Waals surface area contributed by atoms with Gasteiger partial charge in [0.05, 0.1) is 18.6 Å². The Morgan fingerprint density at radius 2 is 2.12 bits per heavy atom. The number of hydrogen-bond acceptors (Lipinski definition) is 3. The van der Waals surface area contributed by atoms with E-state index in [-0.39, 0.29) is 0 Å². The van der Waals surface area contributed by atoms with Gasteiger partial charge in [-0.1, -0.05) is 19.6 Å². The standard InChI is InChI=1S/C11H21IN2O2Si/c1-15-7-10-11(12)13-8-14(10)9-16-5-6-17(2,3)4/h8H,5-7,9H2,1-4H3. The van der Waals surface area contributed by atoms with Crippen LogP contribution in [0.4, 0.5) is 0 Å². The van der Waals surface area contributed by atoms with Crippen molar-refractivity contribution in [3.8, 4) is 0 Å². The van der Waals surface area contributed by atoms with Gasteiger partial charge in [0.2, 0.25) is 0 Å². The summed E-state index contributed by atoms with van der Waals surface area (Å²) in [7, 11) is 0.699. The van der Waals surface area contributed by atoms with E-state index in [1.165, 1.54) is 6.04 Å². The Labute approximate surface area is 118 Å². The summed E-state index contributed by atoms with van der Waals surface area (Å²) >= 11 is 2.22. The summed E-state index contributed by atoms with van der Waals surface area (Å²) < 4.78 is 13.8. The largest absolute Gasteiger partial charge is 0.378 e. The molecule has 0 atom stereocenters. The lowest BCUT2D eigenvalue weighted by atomic mass is 10.5. The Balaban J connectivity index is 2.41. The van der Waals surface area contributed by atoms with E-state index >= 15 is 0 Å². The van der Waals surface area contributed by atoms with Crippen LogP contribution in [0.15, 0.2) is 6.33 Å². The highest BCUT2D eigenvalue weighted by Crippen LogP contribution is 2.12. The van der Waals surface area contributed by atoms with Crippen molar-refractivity contribution in [2.45, 2.75) is 39.0 Å². The van der Waals surface area contributed by atoms with E-state index < -0.39 is 8.07 Å². The number of aromatic nitrogens is 2. The molecule has 0 saturated carbocycles. The van der Waals surface area contributed by atoms with E-state index in [9.17, 15) is 0 Å². The maximum atomic E-state index is 5.69. The summed E-state index contributed by atoms with van der Waals surface area (Å²) in [6.07, 6.45) is 1.81. The van der Waals surface area contributed by atoms with Crippen LogP contribution in [0.5, 0.6) is 0 Å². The zero-order chi connectivity index (χ0) is 12.9. The Bertz CT molecular complexity index is 350. The molecule has 4 nitrogen and oxygen atoms in total. The fourth-order valence-electron chi connectivity index (χ4n) is 1.31. The first-order chi connectivity index (χ1) is 7.94. The van der Waals surface area contributed by atoms with Crippen LogP contribution in [0, 0.1) is 3.70 Å². The molecule has 0 fully saturated rings. The molecule has 6 heteroatoms. The third kappa shape index (κ3) is 5.50. The highest BCUT2D eigenvalue weighted by atomic mass is 127. The molecule has 1 aromatic rings. The van der Waals surface area contributed by atoms with Crippen molar-refractivity contribution in [3.05, 3.63) is 15.7 Å². The molecule has 17 heavy (non-hydrogen) atoms. The van der Waals surface area contributed by atoms with Crippen LogP contribution in [-0.4, -0.2) is 31.3 Å². The molecule has 0 N–H and O–H groups in total. The van der Waals surface area contributed by atoms with Crippen LogP contribution in [0.1, 0.15) is 5.69 Å². The number of halogens is 1. The van der Waals surface area contributed by atoms with Gasteiger partial charge >= 0.3 is 0 Å². The van der Waals surface area contributed by atoms with Gasteiger partial charge in [0, 0.05) is 21.8 Å². The van der Waals surface area contributed by atoms with E-state index in [0.29, 0.717) is 13.3 Å². The van der Waals surface area contributed by atoms with Crippen LogP contribution in [0.25, 0.3) is 0 Å². The van der Waals surface area contributed by atoms with E-state index in [2.05, 4.69) is 47.2 Å². The molecule has 0 spiro atoms. The lowest BCUT2D eigenvalue weighted by molar-refractivity contribution is 0.0794. The molecule has 0 bridgehead atoms. The van der Waals surface area contributed by atoms with Gasteiger partial charge in [0.25, 0.3) is 0 Å². The van der Waals surface area contributed by atoms with Crippen molar-refractivity contribution in [1.29, 1.82) is 0 Å². The van der Waals surface area contributed by atoms with Crippen molar-refractivity contribution < 1.29 is 9.47 Å². The predicted molar refractivity (Wildman–Crippen MR) is 79.8 cm³/mol. The molecule has 1 aromatic heterocycles. The second-order valence-corrected chi connectivity index (χ2v) is 11.9. The maximum Gasteiger partial charge on any atom is 0.124 e. The Morgan fingerprint density at radius 1 is 1.41 bits per heavy atom. The molecule has 0 aliphatic carbocycles. The fraction of sp³-hybridized carbons (Fsp3) is 0.727. The van der Waals surface area contributed by atoms with Crippen molar-refractivity contribution >= 4 is 30.7 Å². The topological polar surface area (TPSA) is 36.3 Å². The minimum absolute atomic E-state index is 0.569. The van der Waals surface area contributed by atoms with Crippen molar-refractivity contribution in [3.63, 3.8) is 0 Å². The van der Waals surface area contributed by atoms with Gasteiger partial charge in [0.15, 0.2) is 0 Å². The minimum Gasteiger partial charge on any atom is -0.378 e. The summed E-state index contributed by atoms with van der Waals surface area (Å²) in [5.74, 6) is 0. The first kappa shape index (κ1) is 15.1. The van der Waals surface area contributed by atoms with Crippen LogP contribution < -0.4 is 0 Å². The van der Waals surface area contributed by atoms with Crippen LogP contribution in [0.2, 0.25) is 25.7 Å². The fourth-order valence-corrected chi connectivity index (χ4v) is 2.66. The average Bonchev–Trinajstić information content (AvgIpc) is 2.55. The number of hydrogen-bond donors (Lipinski definition) is 0. The number of rotatable bonds is 7. The first-order valence-electron chi connectivity index (χ1n) is 5.70. The van der Waals surface area contributed by atoms with E-state index in [1.807, 2.05) is 10.9 Å². The van der Waals surface area contributed by atoms with Gasteiger partial charge in [0.1, 0.15) is 10.4 Å². The van der Waals surface area contributed by atoms with Gasteiger partial charge in [-0.05, 0) is 28.6 Å². The smallest absolute Gasteiger partial charge is 0.124 e. The zero-order valence-electron chi connectivity index (χ0n) is 11.0. The molecule has 0 unspecified atom stereocenters. The molecule has 0 saturated heterocycles. The summed E-state index contributed by atoms with van der Waals surface area (Å²) in [6, 6.07) is 1.19. The van der Waals surface area contributed by atoms with Gasteiger partial charge in [-0.15, -0.1) is 0 Å². The van der Waals surface area contributed by atoms with Gasteiger partial charge < -0.3 is 14.0 Å². The Hall–Kier alpha value is 0.0769. The normalized spacial score (nSPS) is 12.1. The summed E-state index contributed by atoms with van der Waals surface area (Å²) in [5, 5.41) is 0. The Kier molecular flexibility index (Phi) is 6.11. The Morgan fingerprint density at radius 3 is 2.71 bits per heavy atom. The monoisotopic (exact) mass is 368 g/mol. The maximum absolute atomic E-state index is 5.69. The summed E-state index contributed by atoms with van der Waals surface area (Å²) in [4.78, 5) is 4.26. The average molecular weight is 368 g/mol. The first-order valence-corrected chi connectivity index (χ1v) is 10.5. The SMILES string of the molecule is COCc1c(I)ncn1COCC[Si](C)(C)C. The zero-order valence-corrected chi connectivity index (χ0v) is 14.2. The van der Waals surface area contributed by atoms with Gasteiger partial charge in [-0.25, -0.2) is 4.98 Å². The number of imidazole rings is 1. The molecular formula is C11H21IN2O2Si. The molecule has 0 aliphatic rings. The second kappa shape index (κ2) is 6.86. The number of methoxy groups -OCH3 is 1. The second-order valence-electron chi connectivity index (χ2n) is 5.23. The third-order valence-corrected chi connectivity index (χ3v) is 5.01. The lowest BCUT2D eigenvalue weighted by Gasteiger charge is -2.16. The molecular weight excluding hydrogens is 347 g/mol. The highest BCUT2D eigenvalue weighted by molar-refractivity contribution is 14.1. The lowest BCUT2D eigenvalue weighted by Crippen LogP contribution is -2.22. The molecule has 98 valence electrons. The number of nitrogens with zero attached hydrogens (tertiary/aromatic N) is 2. The molecule has 0 amide bonds. The molecule has 0 aliphatic heterocycles. The highest BCUT2D eigenvalue weighted by Gasteiger charge is 2.13. The van der Waals surface area contributed by atoms with Gasteiger partial charge in [-0.2, -0.15) is 0 Å². The van der Waals surface area contributed by atoms with Crippen molar-refractivity contribution in [2.75, 3.05) is 13.7 Å². The van der Waals surface area contributed by atoms with Crippen LogP contribution in [0.3, 0.4) is 0 Å². The van der Waals surface area contributed by atoms with E-state index in [4.69, 9.17) is 9.47 Å².